The van der Waals surface area contributed by atoms with E-state index in [0.29, 0.717) is 0 Å². The van der Waals surface area contributed by atoms with Crippen molar-refractivity contribution in [1.82, 2.24) is 9.80 Å². The molecule has 0 amide bonds. The fraction of sp³-hybridized carbons (Fsp3) is 0.739. The topological polar surface area (TPSA) is 24.9 Å². The predicted octanol–water partition coefficient (Wildman–Crippen LogP) is 4.04. The van der Waals surface area contributed by atoms with Gasteiger partial charge in [-0.05, 0) is 49.3 Å². The van der Waals surface area contributed by atoms with Gasteiger partial charge in [-0.3, -0.25) is 9.80 Å². The number of methoxy groups -OCH3 is 1. The summed E-state index contributed by atoms with van der Waals surface area (Å²) in [6, 6.07) is 7.27. The molecule has 0 bridgehead atoms. The van der Waals surface area contributed by atoms with Crippen LogP contribution in [0, 0.1) is 0 Å². The van der Waals surface area contributed by atoms with Gasteiger partial charge in [-0.1, -0.05) is 31.4 Å². The number of ether oxygens (including phenoxy) is 2. The molecule has 1 aliphatic heterocycles. The summed E-state index contributed by atoms with van der Waals surface area (Å²) in [6.07, 6.45) is 10.9. The molecule has 1 aromatic carbocycles. The van der Waals surface area contributed by atoms with Crippen LogP contribution in [0.5, 0.6) is 5.75 Å². The lowest BCUT2D eigenvalue weighted by Gasteiger charge is -2.40. The minimum absolute atomic E-state index is 0.243. The molecule has 4 heteroatoms. The van der Waals surface area contributed by atoms with Crippen molar-refractivity contribution in [2.45, 2.75) is 63.5 Å². The van der Waals surface area contributed by atoms with Gasteiger partial charge in [-0.25, -0.2) is 0 Å². The number of piperazine rings is 1. The third-order valence-corrected chi connectivity index (χ3v) is 6.85. The van der Waals surface area contributed by atoms with Crippen LogP contribution in [0.2, 0.25) is 0 Å². The van der Waals surface area contributed by atoms with E-state index in [0.717, 1.165) is 37.8 Å². The Labute approximate surface area is 164 Å². The summed E-state index contributed by atoms with van der Waals surface area (Å²) in [7, 11) is 1.77. The zero-order valence-corrected chi connectivity index (χ0v) is 17.0. The van der Waals surface area contributed by atoms with Crippen LogP contribution in [0.1, 0.15) is 62.2 Å². The van der Waals surface area contributed by atoms with Crippen molar-refractivity contribution in [3.8, 4) is 5.75 Å². The van der Waals surface area contributed by atoms with E-state index in [1.807, 2.05) is 0 Å². The minimum atomic E-state index is 0.243. The van der Waals surface area contributed by atoms with E-state index in [1.54, 1.807) is 7.11 Å². The van der Waals surface area contributed by atoms with E-state index in [1.165, 1.54) is 75.8 Å². The van der Waals surface area contributed by atoms with Crippen LogP contribution in [-0.4, -0.2) is 62.3 Å². The number of benzene rings is 1. The van der Waals surface area contributed by atoms with Gasteiger partial charge in [0.05, 0.1) is 19.8 Å². The van der Waals surface area contributed by atoms with Crippen LogP contribution >= 0.6 is 0 Å². The molecule has 4 rings (SSSR count). The molecule has 1 atom stereocenters. The number of fused-ring (bicyclic) bond motifs is 1. The van der Waals surface area contributed by atoms with Crippen LogP contribution in [0.25, 0.3) is 0 Å². The second-order valence-corrected chi connectivity index (χ2v) is 8.45. The number of hydrogen-bond acceptors (Lipinski definition) is 4. The largest absolute Gasteiger partial charge is 0.496 e. The summed E-state index contributed by atoms with van der Waals surface area (Å²) >= 11 is 0. The molecule has 0 radical (unpaired) electrons. The molecule has 1 aromatic rings. The van der Waals surface area contributed by atoms with Crippen LogP contribution in [0.15, 0.2) is 18.2 Å². The third-order valence-electron chi connectivity index (χ3n) is 6.85. The second-order valence-electron chi connectivity index (χ2n) is 8.45. The molecule has 1 saturated carbocycles. The Morgan fingerprint density at radius 3 is 2.56 bits per heavy atom. The van der Waals surface area contributed by atoms with Gasteiger partial charge in [0, 0.05) is 38.8 Å². The highest BCUT2D eigenvalue weighted by Gasteiger charge is 2.26. The van der Waals surface area contributed by atoms with Crippen molar-refractivity contribution < 1.29 is 9.47 Å². The van der Waals surface area contributed by atoms with Gasteiger partial charge in [-0.15, -0.1) is 0 Å². The Morgan fingerprint density at radius 2 is 1.78 bits per heavy atom. The van der Waals surface area contributed by atoms with E-state index in [9.17, 15) is 0 Å². The SMILES string of the molecule is COc1cccc2c1CCCC2OCCN1CCN(C2CCCCC2)CC1. The fourth-order valence-electron chi connectivity index (χ4n) is 5.26. The first-order valence-corrected chi connectivity index (χ1v) is 11.1. The Bertz CT molecular complexity index is 592. The average molecular weight is 373 g/mol. The van der Waals surface area contributed by atoms with Crippen molar-refractivity contribution in [3.63, 3.8) is 0 Å². The molecule has 1 heterocycles. The van der Waals surface area contributed by atoms with E-state index >= 15 is 0 Å². The first-order valence-electron chi connectivity index (χ1n) is 11.1. The zero-order valence-electron chi connectivity index (χ0n) is 17.0. The lowest BCUT2D eigenvalue weighted by molar-refractivity contribution is 0.0119. The van der Waals surface area contributed by atoms with Crippen LogP contribution in [0.3, 0.4) is 0 Å². The van der Waals surface area contributed by atoms with Gasteiger partial charge >= 0.3 is 0 Å². The van der Waals surface area contributed by atoms with Gasteiger partial charge in [0.1, 0.15) is 5.75 Å². The van der Waals surface area contributed by atoms with E-state index in [4.69, 9.17) is 9.47 Å². The first kappa shape index (κ1) is 19.2. The predicted molar refractivity (Wildman–Crippen MR) is 110 cm³/mol. The molecule has 2 fully saturated rings. The average Bonchev–Trinajstić information content (AvgIpc) is 2.74. The highest BCUT2D eigenvalue weighted by atomic mass is 16.5. The monoisotopic (exact) mass is 372 g/mol. The van der Waals surface area contributed by atoms with E-state index in [-0.39, 0.29) is 6.10 Å². The summed E-state index contributed by atoms with van der Waals surface area (Å²) in [5.41, 5.74) is 2.71. The third kappa shape index (κ3) is 4.67. The molecule has 1 unspecified atom stereocenters. The van der Waals surface area contributed by atoms with Crippen LogP contribution < -0.4 is 4.74 Å². The van der Waals surface area contributed by atoms with Crippen molar-refractivity contribution in [2.24, 2.45) is 0 Å². The molecule has 3 aliphatic rings. The van der Waals surface area contributed by atoms with Crippen molar-refractivity contribution >= 4 is 0 Å². The Balaban J connectivity index is 1.22. The molecule has 150 valence electrons. The summed E-state index contributed by atoms with van der Waals surface area (Å²) in [5.74, 6) is 1.03. The summed E-state index contributed by atoms with van der Waals surface area (Å²) < 4.78 is 11.9. The Kier molecular flexibility index (Phi) is 6.69. The lowest BCUT2D eigenvalue weighted by atomic mass is 9.88. The van der Waals surface area contributed by atoms with Crippen LogP contribution in [-0.2, 0) is 11.2 Å². The second kappa shape index (κ2) is 9.40. The summed E-state index contributed by atoms with van der Waals surface area (Å²) in [5, 5.41) is 0. The minimum Gasteiger partial charge on any atom is -0.496 e. The van der Waals surface area contributed by atoms with Gasteiger partial charge in [0.2, 0.25) is 0 Å². The highest BCUT2D eigenvalue weighted by molar-refractivity contribution is 5.42. The highest BCUT2D eigenvalue weighted by Crippen LogP contribution is 2.37. The summed E-state index contributed by atoms with van der Waals surface area (Å²) in [4.78, 5) is 5.34. The van der Waals surface area contributed by atoms with E-state index in [2.05, 4.69) is 28.0 Å². The maximum Gasteiger partial charge on any atom is 0.122 e. The van der Waals surface area contributed by atoms with Gasteiger partial charge in [0.25, 0.3) is 0 Å². The molecule has 2 aliphatic carbocycles. The van der Waals surface area contributed by atoms with E-state index < -0.39 is 0 Å². The number of rotatable bonds is 6. The molecule has 0 aromatic heterocycles. The maximum absolute atomic E-state index is 6.34. The molecule has 27 heavy (non-hydrogen) atoms. The lowest BCUT2D eigenvalue weighted by Crippen LogP contribution is -2.51. The smallest absolute Gasteiger partial charge is 0.122 e. The molecule has 0 N–H and O–H groups in total. The normalized spacial score (nSPS) is 25.3. The number of nitrogens with zero attached hydrogens (tertiary/aromatic N) is 2. The Hall–Kier alpha value is -1.10. The van der Waals surface area contributed by atoms with Gasteiger partial charge in [-0.2, -0.15) is 0 Å². The van der Waals surface area contributed by atoms with Crippen molar-refractivity contribution in [3.05, 3.63) is 29.3 Å². The van der Waals surface area contributed by atoms with Gasteiger partial charge in [0.15, 0.2) is 0 Å². The Morgan fingerprint density at radius 1 is 0.963 bits per heavy atom. The first-order chi connectivity index (χ1) is 13.3. The maximum atomic E-state index is 6.34. The molecular weight excluding hydrogens is 336 g/mol. The zero-order chi connectivity index (χ0) is 18.5. The van der Waals surface area contributed by atoms with Gasteiger partial charge < -0.3 is 9.47 Å². The molecular formula is C23H36N2O2. The van der Waals surface area contributed by atoms with Crippen molar-refractivity contribution in [1.29, 1.82) is 0 Å². The fourth-order valence-corrected chi connectivity index (χ4v) is 5.26. The molecule has 0 spiro atoms. The van der Waals surface area contributed by atoms with Crippen LogP contribution in [0.4, 0.5) is 0 Å². The summed E-state index contributed by atoms with van der Waals surface area (Å²) in [6.45, 7) is 6.80. The molecule has 4 nitrogen and oxygen atoms in total. The molecule has 1 saturated heterocycles. The standard InChI is InChI=1S/C23H36N2O2/c1-26-22-11-5-10-21-20(22)9-6-12-23(21)27-18-17-24-13-15-25(16-14-24)19-7-3-2-4-8-19/h5,10-11,19,23H,2-4,6-9,12-18H2,1H3. The quantitative estimate of drug-likeness (QED) is 0.752. The van der Waals surface area contributed by atoms with Crippen molar-refractivity contribution in [2.75, 3.05) is 46.4 Å². The number of hydrogen-bond donors (Lipinski definition) is 0.